The molecule has 0 radical (unpaired) electrons. The van der Waals surface area contributed by atoms with Gasteiger partial charge in [0.1, 0.15) is 5.75 Å². The van der Waals surface area contributed by atoms with Crippen molar-refractivity contribution in [1.29, 1.82) is 0 Å². The Morgan fingerprint density at radius 3 is 2.64 bits per heavy atom. The van der Waals surface area contributed by atoms with Gasteiger partial charge in [0, 0.05) is 17.0 Å². The van der Waals surface area contributed by atoms with E-state index in [0.717, 1.165) is 16.8 Å². The molecule has 0 spiro atoms. The highest BCUT2D eigenvalue weighted by atomic mass is 16.5. The number of nitrogens with one attached hydrogen (secondary N) is 1. The molecule has 1 N–H and O–H groups in total. The number of benzene rings is 1. The third-order valence-electron chi connectivity index (χ3n) is 4.19. The van der Waals surface area contributed by atoms with Crippen LogP contribution in [0.1, 0.15) is 17.0 Å². The molecule has 25 heavy (non-hydrogen) atoms. The minimum Gasteiger partial charge on any atom is -0.496 e. The average Bonchev–Trinajstić information content (AvgIpc) is 2.94. The molecule has 0 fully saturated rings. The highest BCUT2D eigenvalue weighted by Crippen LogP contribution is 2.34. The lowest BCUT2D eigenvalue weighted by Crippen LogP contribution is -2.24. The first-order chi connectivity index (χ1) is 12.0. The molecule has 1 aromatic carbocycles. The summed E-state index contributed by atoms with van der Waals surface area (Å²) in [6.07, 6.45) is -0.112. The van der Waals surface area contributed by atoms with E-state index in [1.54, 1.807) is 14.0 Å². The Morgan fingerprint density at radius 2 is 1.96 bits per heavy atom. The van der Waals surface area contributed by atoms with Gasteiger partial charge in [-0.15, -0.1) is 0 Å². The fraction of sp³-hybridized carbons (Fsp3) is 0.278. The van der Waals surface area contributed by atoms with E-state index in [0.29, 0.717) is 22.7 Å². The fourth-order valence-electron chi connectivity index (χ4n) is 2.92. The van der Waals surface area contributed by atoms with Crippen molar-refractivity contribution in [1.82, 2.24) is 14.6 Å². The van der Waals surface area contributed by atoms with Gasteiger partial charge in [0.05, 0.1) is 31.8 Å². The zero-order chi connectivity index (χ0) is 18.1. The van der Waals surface area contributed by atoms with E-state index in [1.807, 2.05) is 31.2 Å². The number of aryl methyl sites for hydroxylation is 2. The molecule has 7 heteroatoms. The predicted octanol–water partition coefficient (Wildman–Crippen LogP) is 2.03. The molecule has 0 amide bonds. The minimum absolute atomic E-state index is 0.112. The van der Waals surface area contributed by atoms with Crippen LogP contribution in [-0.2, 0) is 16.0 Å². The Hall–Kier alpha value is -3.09. The molecule has 2 heterocycles. The van der Waals surface area contributed by atoms with E-state index in [1.165, 1.54) is 11.6 Å². The van der Waals surface area contributed by atoms with Crippen molar-refractivity contribution in [2.45, 2.75) is 20.3 Å². The highest BCUT2D eigenvalue weighted by Gasteiger charge is 2.20. The molecular formula is C18H19N3O4. The van der Waals surface area contributed by atoms with Gasteiger partial charge in [0.2, 0.25) is 0 Å². The number of hydrogen-bond acceptors (Lipinski definition) is 5. The van der Waals surface area contributed by atoms with E-state index in [9.17, 15) is 9.59 Å². The van der Waals surface area contributed by atoms with Crippen molar-refractivity contribution in [2.75, 3.05) is 14.2 Å². The normalized spacial score (nSPS) is 10.9. The van der Waals surface area contributed by atoms with Gasteiger partial charge in [-0.05, 0) is 19.9 Å². The smallest absolute Gasteiger partial charge is 0.310 e. The maximum absolute atomic E-state index is 12.8. The van der Waals surface area contributed by atoms with Gasteiger partial charge in [-0.25, -0.2) is 9.50 Å². The highest BCUT2D eigenvalue weighted by molar-refractivity contribution is 5.83. The largest absolute Gasteiger partial charge is 0.496 e. The average molecular weight is 341 g/mol. The quantitative estimate of drug-likeness (QED) is 0.734. The van der Waals surface area contributed by atoms with E-state index >= 15 is 0 Å². The minimum atomic E-state index is -0.477. The molecule has 0 aliphatic carbocycles. The second kappa shape index (κ2) is 6.43. The fourth-order valence-corrected chi connectivity index (χ4v) is 2.92. The number of rotatable bonds is 4. The summed E-state index contributed by atoms with van der Waals surface area (Å²) in [5.41, 5.74) is 3.43. The van der Waals surface area contributed by atoms with Crippen molar-refractivity contribution in [3.05, 3.63) is 51.6 Å². The van der Waals surface area contributed by atoms with Gasteiger partial charge in [0.25, 0.3) is 5.56 Å². The summed E-state index contributed by atoms with van der Waals surface area (Å²) < 4.78 is 11.5. The second-order valence-corrected chi connectivity index (χ2v) is 5.70. The molecular weight excluding hydrogens is 322 g/mol. The molecule has 0 atom stereocenters. The molecule has 2 aromatic heterocycles. The first-order valence-electron chi connectivity index (χ1n) is 7.79. The third kappa shape index (κ3) is 2.77. The lowest BCUT2D eigenvalue weighted by atomic mass is 10.0. The van der Waals surface area contributed by atoms with E-state index in [4.69, 9.17) is 4.74 Å². The lowest BCUT2D eigenvalue weighted by Gasteiger charge is -2.08. The molecule has 130 valence electrons. The number of methoxy groups -OCH3 is 2. The molecule has 0 saturated heterocycles. The number of carbonyl (C=O) groups is 1. The van der Waals surface area contributed by atoms with Gasteiger partial charge in [-0.1, -0.05) is 18.2 Å². The number of fused-ring (bicyclic) bond motifs is 1. The van der Waals surface area contributed by atoms with Crippen LogP contribution < -0.4 is 10.3 Å². The third-order valence-corrected chi connectivity index (χ3v) is 4.19. The second-order valence-electron chi connectivity index (χ2n) is 5.70. The maximum Gasteiger partial charge on any atom is 0.310 e. The summed E-state index contributed by atoms with van der Waals surface area (Å²) in [6, 6.07) is 7.55. The first kappa shape index (κ1) is 16.8. The van der Waals surface area contributed by atoms with Gasteiger partial charge in [0.15, 0.2) is 5.65 Å². The number of hydrogen-bond donors (Lipinski definition) is 1. The molecule has 0 bridgehead atoms. The zero-order valence-corrected chi connectivity index (χ0v) is 14.5. The zero-order valence-electron chi connectivity index (χ0n) is 14.5. The van der Waals surface area contributed by atoms with Crippen molar-refractivity contribution in [3.8, 4) is 16.9 Å². The summed E-state index contributed by atoms with van der Waals surface area (Å²) >= 11 is 0. The number of ether oxygens (including phenoxy) is 2. The van der Waals surface area contributed by atoms with E-state index < -0.39 is 5.97 Å². The van der Waals surface area contributed by atoms with Crippen molar-refractivity contribution >= 4 is 11.6 Å². The predicted molar refractivity (Wildman–Crippen MR) is 93.0 cm³/mol. The monoisotopic (exact) mass is 341 g/mol. The topological polar surface area (TPSA) is 85.7 Å². The van der Waals surface area contributed by atoms with Crippen LogP contribution in [0.4, 0.5) is 0 Å². The summed E-state index contributed by atoms with van der Waals surface area (Å²) in [7, 11) is 2.89. The number of nitrogens with zero attached hydrogens (tertiary/aromatic N) is 2. The summed E-state index contributed by atoms with van der Waals surface area (Å²) in [6.45, 7) is 3.58. The molecule has 0 saturated carbocycles. The van der Waals surface area contributed by atoms with Crippen LogP contribution >= 0.6 is 0 Å². The number of esters is 1. The summed E-state index contributed by atoms with van der Waals surface area (Å²) in [5, 5.41) is 3.04. The Balaban J connectivity index is 2.29. The molecule has 3 rings (SSSR count). The Morgan fingerprint density at radius 1 is 1.24 bits per heavy atom. The van der Waals surface area contributed by atoms with Crippen LogP contribution in [-0.4, -0.2) is 34.8 Å². The van der Waals surface area contributed by atoms with Crippen LogP contribution in [0.15, 0.2) is 29.1 Å². The van der Waals surface area contributed by atoms with E-state index in [2.05, 4.69) is 14.8 Å². The summed E-state index contributed by atoms with van der Waals surface area (Å²) in [4.78, 5) is 28.9. The van der Waals surface area contributed by atoms with Gasteiger partial charge in [-0.2, -0.15) is 0 Å². The van der Waals surface area contributed by atoms with Crippen LogP contribution in [0.2, 0.25) is 0 Å². The van der Waals surface area contributed by atoms with Crippen LogP contribution in [0.3, 0.4) is 0 Å². The van der Waals surface area contributed by atoms with Crippen LogP contribution in [0, 0.1) is 13.8 Å². The van der Waals surface area contributed by atoms with Gasteiger partial charge in [-0.3, -0.25) is 14.7 Å². The SMILES string of the molecule is COC(=O)Cc1c(C)nc2c(-c3ccccc3OC)c(C)[nH]n2c1=O. The Kier molecular flexibility index (Phi) is 4.31. The van der Waals surface area contributed by atoms with E-state index in [-0.39, 0.29) is 12.0 Å². The number of H-pyrrole nitrogens is 1. The number of para-hydroxylation sites is 1. The van der Waals surface area contributed by atoms with Crippen molar-refractivity contribution in [3.63, 3.8) is 0 Å². The van der Waals surface area contributed by atoms with Gasteiger partial charge >= 0.3 is 5.97 Å². The van der Waals surface area contributed by atoms with Crippen molar-refractivity contribution < 1.29 is 14.3 Å². The Bertz CT molecular complexity index is 1020. The molecule has 7 nitrogen and oxygen atoms in total. The molecule has 0 unspecified atom stereocenters. The lowest BCUT2D eigenvalue weighted by molar-refractivity contribution is -0.139. The number of aromatic amines is 1. The standard InChI is InChI=1S/C18H19N3O4/c1-10-13(9-15(22)25-4)18(23)21-17(19-10)16(11(2)20-21)12-7-5-6-8-14(12)24-3/h5-8,20H,9H2,1-4H3. The molecule has 0 aliphatic rings. The molecule has 0 aliphatic heterocycles. The van der Waals surface area contributed by atoms with Gasteiger partial charge < -0.3 is 9.47 Å². The first-order valence-corrected chi connectivity index (χ1v) is 7.79. The van der Waals surface area contributed by atoms with Crippen molar-refractivity contribution in [2.24, 2.45) is 0 Å². The number of carbonyl (C=O) groups excluding carboxylic acids is 1. The number of aromatic nitrogens is 3. The van der Waals surface area contributed by atoms with Crippen LogP contribution in [0.25, 0.3) is 16.8 Å². The molecule has 3 aromatic rings. The Labute approximate surface area is 144 Å². The summed E-state index contributed by atoms with van der Waals surface area (Å²) in [5.74, 6) is 0.216. The maximum atomic E-state index is 12.8. The van der Waals surface area contributed by atoms with Crippen LogP contribution in [0.5, 0.6) is 5.75 Å².